The minimum Gasteiger partial charge on any atom is -0.394 e. The van der Waals surface area contributed by atoms with E-state index in [1.54, 1.807) is 7.11 Å². The number of nitrogens with two attached hydrogens (primary N) is 1. The van der Waals surface area contributed by atoms with Crippen molar-refractivity contribution in [3.8, 4) is 0 Å². The van der Waals surface area contributed by atoms with Gasteiger partial charge in [0.2, 0.25) is 35.4 Å². The Hall–Kier alpha value is -4.18. The summed E-state index contributed by atoms with van der Waals surface area (Å²) in [4.78, 5) is 107. The summed E-state index contributed by atoms with van der Waals surface area (Å²) in [5.74, 6) is -5.87. The zero-order valence-corrected chi connectivity index (χ0v) is 42.4. The van der Waals surface area contributed by atoms with Crippen molar-refractivity contribution in [2.24, 2.45) is 17.6 Å². The molecule has 1 aliphatic heterocycles. The number of imidazole rings is 1. The molecule has 2 heterocycles. The number of primary amides is 1. The van der Waals surface area contributed by atoms with E-state index in [4.69, 9.17) is 43.6 Å². The lowest BCUT2D eigenvalue weighted by molar-refractivity contribution is -0.140. The van der Waals surface area contributed by atoms with Crippen molar-refractivity contribution < 1.29 is 86.1 Å². The standard InChI is InChI=1S/C44H79N8O18P/c1-31(2)26-35(42(57)48-34(8-7-33-27-46-30-47-33)41(56)50-36(28-53)43(58)51-39(40(45)55)32(3)29-71(60,61)62)49-44(59)37-6-5-10-52(37)38(54)9-11-64-14-15-66-18-19-68-22-23-70-25-24-69-21-20-67-17-16-65-13-12-63-4/h27,30-32,34-37,39,53H,5-26,28-29H2,1-4H3,(H2,45,55)(H,46,47)(H,48,57)(H,49,59)(H,50,56)(H,51,58)(H2,60,61,62). The number of aryl methyl sites for hydroxylation is 1. The van der Waals surface area contributed by atoms with Gasteiger partial charge in [0.15, 0.2) is 0 Å². The summed E-state index contributed by atoms with van der Waals surface area (Å²) in [5.41, 5.74) is 6.00. The first kappa shape index (κ1) is 62.9. The number of likely N-dealkylation sites (tertiary alicyclic amines) is 1. The van der Waals surface area contributed by atoms with Gasteiger partial charge in [-0.05, 0) is 43.9 Å². The van der Waals surface area contributed by atoms with Crippen LogP contribution in [-0.2, 0) is 77.6 Å². The Bertz CT molecular complexity index is 1730. The molecule has 10 N–H and O–H groups in total. The predicted molar refractivity (Wildman–Crippen MR) is 253 cm³/mol. The van der Waals surface area contributed by atoms with E-state index in [9.17, 15) is 48.2 Å². The van der Waals surface area contributed by atoms with Crippen molar-refractivity contribution in [3.63, 3.8) is 0 Å². The number of aromatic nitrogens is 2. The second-order valence-corrected chi connectivity index (χ2v) is 18.8. The SMILES string of the molecule is COCCOCCOCCOCCOCCOCCOCCOCCC(=O)N1CCCC1C(=O)NC(CC(C)C)C(=O)NC(CCc1cnc[nH]1)C(=O)NC(CO)C(=O)NC(C(N)=O)C(C)CP(=O)(O)O. The van der Waals surface area contributed by atoms with Crippen molar-refractivity contribution in [3.05, 3.63) is 18.2 Å². The number of amides is 6. The van der Waals surface area contributed by atoms with Gasteiger partial charge in [0.05, 0.1) is 125 Å². The molecule has 1 aromatic heterocycles. The molecule has 1 saturated heterocycles. The summed E-state index contributed by atoms with van der Waals surface area (Å²) in [6.45, 7) is 10.4. The number of ether oxygens (including phenoxy) is 8. The molecule has 26 nitrogen and oxygen atoms in total. The predicted octanol–water partition coefficient (Wildman–Crippen LogP) is -2.24. The maximum atomic E-state index is 13.9. The van der Waals surface area contributed by atoms with Gasteiger partial charge in [-0.1, -0.05) is 20.8 Å². The quantitative estimate of drug-likeness (QED) is 0.0247. The molecule has 1 aliphatic rings. The van der Waals surface area contributed by atoms with Crippen molar-refractivity contribution in [1.29, 1.82) is 0 Å². The van der Waals surface area contributed by atoms with Gasteiger partial charge in [-0.3, -0.25) is 33.3 Å². The van der Waals surface area contributed by atoms with Crippen LogP contribution in [0.1, 0.15) is 58.6 Å². The number of hydrogen-bond donors (Lipinski definition) is 9. The monoisotopic (exact) mass is 1040 g/mol. The zero-order chi connectivity index (χ0) is 52.4. The summed E-state index contributed by atoms with van der Waals surface area (Å²) in [5, 5.41) is 20.1. The summed E-state index contributed by atoms with van der Waals surface area (Å²) >= 11 is 0. The van der Waals surface area contributed by atoms with Crippen LogP contribution in [0.3, 0.4) is 0 Å². The Morgan fingerprint density at radius 1 is 0.746 bits per heavy atom. The van der Waals surface area contributed by atoms with E-state index in [0.29, 0.717) is 104 Å². The number of hydrogen-bond acceptors (Lipinski definition) is 17. The summed E-state index contributed by atoms with van der Waals surface area (Å²) in [6.07, 6.45) is 3.43. The Kier molecular flexibility index (Phi) is 32.5. The van der Waals surface area contributed by atoms with Crippen LogP contribution in [0.2, 0.25) is 0 Å². The smallest absolute Gasteiger partial charge is 0.325 e. The Labute approximate surface area is 415 Å². The number of rotatable bonds is 42. The van der Waals surface area contributed by atoms with Crippen LogP contribution >= 0.6 is 7.60 Å². The number of carbonyl (C=O) groups excluding carboxylic acids is 6. The maximum absolute atomic E-state index is 13.9. The van der Waals surface area contributed by atoms with Crippen LogP contribution in [0, 0.1) is 11.8 Å². The number of aromatic amines is 1. The second kappa shape index (κ2) is 36.7. The molecule has 6 unspecified atom stereocenters. The number of nitrogens with one attached hydrogen (secondary N) is 5. The maximum Gasteiger partial charge on any atom is 0.325 e. The van der Waals surface area contributed by atoms with Crippen LogP contribution < -0.4 is 27.0 Å². The van der Waals surface area contributed by atoms with Gasteiger partial charge in [-0.2, -0.15) is 0 Å². The third-order valence-electron chi connectivity index (χ3n) is 10.7. The van der Waals surface area contributed by atoms with E-state index >= 15 is 0 Å². The van der Waals surface area contributed by atoms with Gasteiger partial charge >= 0.3 is 7.60 Å². The zero-order valence-electron chi connectivity index (χ0n) is 41.6. The molecule has 0 aromatic carbocycles. The average molecular weight is 1040 g/mol. The molecule has 6 amide bonds. The van der Waals surface area contributed by atoms with Crippen molar-refractivity contribution in [1.82, 2.24) is 36.1 Å². The van der Waals surface area contributed by atoms with Gasteiger partial charge in [-0.15, -0.1) is 0 Å². The van der Waals surface area contributed by atoms with Crippen LogP contribution in [0.4, 0.5) is 0 Å². The number of carbonyl (C=O) groups is 6. The molecule has 0 spiro atoms. The highest BCUT2D eigenvalue weighted by atomic mass is 31.2. The van der Waals surface area contributed by atoms with Crippen molar-refractivity contribution in [2.45, 2.75) is 89.5 Å². The van der Waals surface area contributed by atoms with E-state index in [0.717, 1.165) is 0 Å². The number of methoxy groups -OCH3 is 1. The summed E-state index contributed by atoms with van der Waals surface area (Å²) in [6, 6.07) is -6.55. The van der Waals surface area contributed by atoms with Gasteiger partial charge < -0.3 is 89.7 Å². The van der Waals surface area contributed by atoms with E-state index in [1.807, 2.05) is 13.8 Å². The fourth-order valence-corrected chi connectivity index (χ4v) is 8.09. The van der Waals surface area contributed by atoms with Gasteiger partial charge in [0.1, 0.15) is 30.2 Å². The normalized spacial score (nSPS) is 16.0. The fourth-order valence-electron chi connectivity index (χ4n) is 7.13. The Morgan fingerprint density at radius 3 is 1.70 bits per heavy atom. The van der Waals surface area contributed by atoms with Gasteiger partial charge in [0.25, 0.3) is 0 Å². The van der Waals surface area contributed by atoms with Gasteiger partial charge in [0, 0.05) is 25.5 Å². The Morgan fingerprint density at radius 2 is 1.24 bits per heavy atom. The highest BCUT2D eigenvalue weighted by Gasteiger charge is 2.37. The molecule has 408 valence electrons. The first-order chi connectivity index (χ1) is 34.0. The molecule has 0 saturated carbocycles. The van der Waals surface area contributed by atoms with E-state index in [-0.39, 0.29) is 57.3 Å². The number of aliphatic hydroxyl groups is 1. The van der Waals surface area contributed by atoms with Crippen LogP contribution in [0.5, 0.6) is 0 Å². The van der Waals surface area contributed by atoms with E-state index in [1.165, 1.54) is 24.3 Å². The molecule has 6 atom stereocenters. The average Bonchev–Trinajstić information content (AvgIpc) is 4.04. The molecule has 0 radical (unpaired) electrons. The summed E-state index contributed by atoms with van der Waals surface area (Å²) in [7, 11) is -2.99. The van der Waals surface area contributed by atoms with Crippen molar-refractivity contribution >= 4 is 43.0 Å². The van der Waals surface area contributed by atoms with Crippen molar-refractivity contribution in [2.75, 3.05) is 126 Å². The summed E-state index contributed by atoms with van der Waals surface area (Å²) < 4.78 is 54.7. The lowest BCUT2D eigenvalue weighted by Gasteiger charge is -2.29. The molecular formula is C44H79N8O18P. The van der Waals surface area contributed by atoms with Crippen LogP contribution in [-0.4, -0.2) is 221 Å². The molecule has 1 fully saturated rings. The lowest BCUT2D eigenvalue weighted by atomic mass is 10.0. The number of H-pyrrole nitrogens is 1. The highest BCUT2D eigenvalue weighted by Crippen LogP contribution is 2.37. The third-order valence-corrected chi connectivity index (χ3v) is 11.8. The molecule has 71 heavy (non-hydrogen) atoms. The fraction of sp³-hybridized carbons (Fsp3) is 0.795. The van der Waals surface area contributed by atoms with E-state index in [2.05, 4.69) is 31.2 Å². The highest BCUT2D eigenvalue weighted by molar-refractivity contribution is 7.51. The molecule has 1 aromatic rings. The minimum atomic E-state index is -4.61. The second-order valence-electron chi connectivity index (χ2n) is 17.1. The molecule has 27 heteroatoms. The number of aliphatic hydroxyl groups excluding tert-OH is 1. The van der Waals surface area contributed by atoms with Crippen LogP contribution in [0.25, 0.3) is 0 Å². The molecular weight excluding hydrogens is 959 g/mol. The molecule has 0 aliphatic carbocycles. The first-order valence-corrected chi connectivity index (χ1v) is 25.7. The topological polar surface area (TPSA) is 360 Å². The van der Waals surface area contributed by atoms with E-state index < -0.39 is 86.0 Å². The number of nitrogens with zero attached hydrogens (tertiary/aromatic N) is 2. The molecule has 0 bridgehead atoms. The lowest BCUT2D eigenvalue weighted by Crippen LogP contribution is -2.60. The largest absolute Gasteiger partial charge is 0.394 e. The minimum absolute atomic E-state index is 0.0162. The van der Waals surface area contributed by atoms with Gasteiger partial charge in [-0.25, -0.2) is 4.98 Å². The molecule has 2 rings (SSSR count). The Balaban J connectivity index is 1.81. The van der Waals surface area contributed by atoms with Crippen LogP contribution in [0.15, 0.2) is 12.5 Å². The first-order valence-electron chi connectivity index (χ1n) is 23.9. The third kappa shape index (κ3) is 28.0.